The zero-order valence-corrected chi connectivity index (χ0v) is 20.4. The Hall–Kier alpha value is -2.02. The molecular formula is C23H36N4O2S. The molecule has 6 nitrogen and oxygen atoms in total. The number of aromatic nitrogens is 3. The first-order chi connectivity index (χ1) is 13.9. The maximum atomic E-state index is 12.6. The summed E-state index contributed by atoms with van der Waals surface area (Å²) in [6.45, 7) is 15.8. The number of ether oxygens (including phenoxy) is 1. The molecule has 0 atom stereocenters. The second-order valence-electron chi connectivity index (χ2n) is 10.00. The van der Waals surface area contributed by atoms with E-state index >= 15 is 0 Å². The van der Waals surface area contributed by atoms with Crippen LogP contribution in [0.15, 0.2) is 29.4 Å². The molecule has 0 aliphatic rings. The minimum absolute atomic E-state index is 0.0133. The summed E-state index contributed by atoms with van der Waals surface area (Å²) in [7, 11) is 1.65. The molecule has 0 aliphatic carbocycles. The van der Waals surface area contributed by atoms with Crippen LogP contribution in [0.1, 0.15) is 54.9 Å². The van der Waals surface area contributed by atoms with Gasteiger partial charge in [-0.2, -0.15) is 0 Å². The van der Waals surface area contributed by atoms with Gasteiger partial charge in [-0.05, 0) is 55.9 Å². The Labute approximate surface area is 185 Å². The van der Waals surface area contributed by atoms with Gasteiger partial charge in [0.2, 0.25) is 5.91 Å². The van der Waals surface area contributed by atoms with E-state index in [0.29, 0.717) is 11.7 Å². The van der Waals surface area contributed by atoms with Crippen molar-refractivity contribution in [3.63, 3.8) is 0 Å². The summed E-state index contributed by atoms with van der Waals surface area (Å²) in [6, 6.07) is 7.80. The van der Waals surface area contributed by atoms with E-state index in [2.05, 4.69) is 68.5 Å². The Morgan fingerprint density at radius 1 is 1.13 bits per heavy atom. The van der Waals surface area contributed by atoms with Crippen LogP contribution in [-0.2, 0) is 11.3 Å². The van der Waals surface area contributed by atoms with Crippen molar-refractivity contribution in [3.8, 4) is 17.1 Å². The minimum Gasteiger partial charge on any atom is -0.497 e. The SMILES string of the molecule is COc1ccc(-c2nnc(SCC(=O)NC(C)(C)CC(C)(C)C)n2CC(C)C)cc1. The summed E-state index contributed by atoms with van der Waals surface area (Å²) in [6.07, 6.45) is 0.904. The molecule has 1 N–H and O–H groups in total. The van der Waals surface area contributed by atoms with Gasteiger partial charge in [0.05, 0.1) is 12.9 Å². The van der Waals surface area contributed by atoms with Crippen LogP contribution in [0, 0.1) is 11.3 Å². The molecule has 2 rings (SSSR count). The maximum Gasteiger partial charge on any atom is 0.230 e. The standard InChI is InChI=1S/C23H36N4O2S/c1-16(2)13-27-20(17-9-11-18(29-8)12-10-17)25-26-21(27)30-14-19(28)24-23(6,7)15-22(3,4)5/h9-12,16H,13-15H2,1-8H3,(H,24,28). The van der Waals surface area contributed by atoms with Crippen molar-refractivity contribution >= 4 is 17.7 Å². The zero-order valence-electron chi connectivity index (χ0n) is 19.6. The molecule has 1 aromatic carbocycles. The lowest BCUT2D eigenvalue weighted by atomic mass is 9.82. The van der Waals surface area contributed by atoms with E-state index in [1.165, 1.54) is 11.8 Å². The van der Waals surface area contributed by atoms with Crippen LogP contribution in [-0.4, -0.2) is 39.1 Å². The fourth-order valence-corrected chi connectivity index (χ4v) is 4.54. The van der Waals surface area contributed by atoms with Gasteiger partial charge in [-0.3, -0.25) is 4.79 Å². The molecular weight excluding hydrogens is 396 g/mol. The van der Waals surface area contributed by atoms with Crippen molar-refractivity contribution in [2.45, 2.75) is 72.1 Å². The molecule has 0 radical (unpaired) electrons. The van der Waals surface area contributed by atoms with Crippen molar-refractivity contribution in [3.05, 3.63) is 24.3 Å². The van der Waals surface area contributed by atoms with Gasteiger partial charge in [-0.25, -0.2) is 0 Å². The van der Waals surface area contributed by atoms with Gasteiger partial charge in [0.25, 0.3) is 0 Å². The quantitative estimate of drug-likeness (QED) is 0.563. The van der Waals surface area contributed by atoms with E-state index in [-0.39, 0.29) is 16.9 Å². The number of amides is 1. The molecule has 1 heterocycles. The number of benzene rings is 1. The largest absolute Gasteiger partial charge is 0.497 e. The van der Waals surface area contributed by atoms with Crippen molar-refractivity contribution in [1.29, 1.82) is 0 Å². The first kappa shape index (κ1) is 24.3. The number of methoxy groups -OCH3 is 1. The van der Waals surface area contributed by atoms with E-state index in [1.54, 1.807) is 7.11 Å². The van der Waals surface area contributed by atoms with Crippen LogP contribution in [0.2, 0.25) is 0 Å². The molecule has 0 unspecified atom stereocenters. The Morgan fingerprint density at radius 2 is 1.77 bits per heavy atom. The molecule has 1 aromatic heterocycles. The summed E-state index contributed by atoms with van der Waals surface area (Å²) >= 11 is 1.43. The second-order valence-corrected chi connectivity index (χ2v) is 10.9. The molecule has 0 saturated heterocycles. The second kappa shape index (κ2) is 9.86. The lowest BCUT2D eigenvalue weighted by Gasteiger charge is -2.33. The van der Waals surface area contributed by atoms with Crippen LogP contribution in [0.25, 0.3) is 11.4 Å². The number of carbonyl (C=O) groups excluding carboxylic acids is 1. The number of thioether (sulfide) groups is 1. The number of carbonyl (C=O) groups is 1. The Morgan fingerprint density at radius 3 is 2.30 bits per heavy atom. The summed E-state index contributed by atoms with van der Waals surface area (Å²) in [4.78, 5) is 12.6. The third-order valence-electron chi connectivity index (χ3n) is 4.40. The van der Waals surface area contributed by atoms with Crippen LogP contribution >= 0.6 is 11.8 Å². The van der Waals surface area contributed by atoms with Crippen molar-refractivity contribution in [2.24, 2.45) is 11.3 Å². The average Bonchev–Trinajstić information content (AvgIpc) is 2.99. The molecule has 0 spiro atoms. The van der Waals surface area contributed by atoms with Crippen molar-refractivity contribution < 1.29 is 9.53 Å². The molecule has 30 heavy (non-hydrogen) atoms. The molecule has 166 valence electrons. The average molecular weight is 433 g/mol. The zero-order chi connectivity index (χ0) is 22.5. The van der Waals surface area contributed by atoms with Crippen LogP contribution < -0.4 is 10.1 Å². The third-order valence-corrected chi connectivity index (χ3v) is 5.36. The normalized spacial score (nSPS) is 12.3. The van der Waals surface area contributed by atoms with Gasteiger partial charge in [-0.1, -0.05) is 46.4 Å². The summed E-state index contributed by atoms with van der Waals surface area (Å²) in [5.41, 5.74) is 0.872. The van der Waals surface area contributed by atoms with Crippen LogP contribution in [0.3, 0.4) is 0 Å². The smallest absolute Gasteiger partial charge is 0.230 e. The molecule has 0 fully saturated rings. The summed E-state index contributed by atoms with van der Waals surface area (Å²) in [5, 5.41) is 12.7. The predicted octanol–water partition coefficient (Wildman–Crippen LogP) is 5.03. The first-order valence-corrected chi connectivity index (χ1v) is 11.4. The monoisotopic (exact) mass is 432 g/mol. The van der Waals surface area contributed by atoms with Gasteiger partial charge >= 0.3 is 0 Å². The highest BCUT2D eigenvalue weighted by Crippen LogP contribution is 2.28. The highest BCUT2D eigenvalue weighted by molar-refractivity contribution is 7.99. The van der Waals surface area contributed by atoms with Gasteiger partial charge < -0.3 is 14.6 Å². The summed E-state index contributed by atoms with van der Waals surface area (Å²) < 4.78 is 7.35. The molecule has 2 aromatic rings. The van der Waals surface area contributed by atoms with E-state index in [4.69, 9.17) is 4.74 Å². The molecule has 1 amide bonds. The lowest BCUT2D eigenvalue weighted by molar-refractivity contribution is -0.120. The topological polar surface area (TPSA) is 69.0 Å². The van der Waals surface area contributed by atoms with Crippen LogP contribution in [0.5, 0.6) is 5.75 Å². The Kier molecular flexibility index (Phi) is 7.97. The van der Waals surface area contributed by atoms with Gasteiger partial charge in [-0.15, -0.1) is 10.2 Å². The van der Waals surface area contributed by atoms with Gasteiger partial charge in [0.1, 0.15) is 5.75 Å². The minimum atomic E-state index is -0.254. The molecule has 0 aliphatic heterocycles. The number of nitrogens with zero attached hydrogens (tertiary/aromatic N) is 3. The third kappa shape index (κ3) is 7.35. The maximum absolute atomic E-state index is 12.6. The molecule has 7 heteroatoms. The van der Waals surface area contributed by atoms with Gasteiger partial charge in [0.15, 0.2) is 11.0 Å². The number of rotatable bonds is 9. The molecule has 0 saturated carbocycles. The van der Waals surface area contributed by atoms with Crippen molar-refractivity contribution in [2.75, 3.05) is 12.9 Å². The van der Waals surface area contributed by atoms with Crippen molar-refractivity contribution in [1.82, 2.24) is 20.1 Å². The van der Waals surface area contributed by atoms with E-state index in [0.717, 1.165) is 35.3 Å². The Balaban J connectivity index is 2.13. The fourth-order valence-electron chi connectivity index (χ4n) is 3.79. The summed E-state index contributed by atoms with van der Waals surface area (Å²) in [5.74, 6) is 2.36. The number of hydrogen-bond acceptors (Lipinski definition) is 5. The highest BCUT2D eigenvalue weighted by atomic mass is 32.2. The lowest BCUT2D eigenvalue weighted by Crippen LogP contribution is -2.46. The Bertz CT molecular complexity index is 836. The fraction of sp³-hybridized carbons (Fsp3) is 0.609. The van der Waals surface area contributed by atoms with Crippen LogP contribution in [0.4, 0.5) is 0 Å². The highest BCUT2D eigenvalue weighted by Gasteiger charge is 2.27. The number of hydrogen-bond donors (Lipinski definition) is 1. The van der Waals surface area contributed by atoms with E-state index in [1.807, 2.05) is 24.3 Å². The predicted molar refractivity (Wildman–Crippen MR) is 124 cm³/mol. The van der Waals surface area contributed by atoms with E-state index < -0.39 is 0 Å². The van der Waals surface area contributed by atoms with Gasteiger partial charge in [0, 0.05) is 17.6 Å². The van der Waals surface area contributed by atoms with E-state index in [9.17, 15) is 4.79 Å². The first-order valence-electron chi connectivity index (χ1n) is 10.4. The number of nitrogens with one attached hydrogen (secondary N) is 1. The molecule has 0 bridgehead atoms.